The van der Waals surface area contributed by atoms with E-state index in [0.29, 0.717) is 13.1 Å². The molecule has 1 spiro atoms. The standard InChI is InChI=1S/C14H26N2O3/c1-13(2,3)19-12(17)16-8-4-6-14(10-16)7-5-11(9-15)18-14/h11H,4-10,15H2,1-3H3. The number of amides is 1. The van der Waals surface area contributed by atoms with Gasteiger partial charge in [0.1, 0.15) is 5.60 Å². The molecular weight excluding hydrogens is 244 g/mol. The number of carbonyl (C=O) groups excluding carboxylic acids is 1. The van der Waals surface area contributed by atoms with Gasteiger partial charge in [-0.25, -0.2) is 4.79 Å². The number of carbonyl (C=O) groups is 1. The highest BCUT2D eigenvalue weighted by molar-refractivity contribution is 5.68. The Labute approximate surface area is 115 Å². The molecular formula is C14H26N2O3. The highest BCUT2D eigenvalue weighted by atomic mass is 16.6. The van der Waals surface area contributed by atoms with E-state index < -0.39 is 5.60 Å². The van der Waals surface area contributed by atoms with Crippen molar-refractivity contribution in [3.63, 3.8) is 0 Å². The average Bonchev–Trinajstić information content (AvgIpc) is 2.70. The Hall–Kier alpha value is -0.810. The molecule has 2 aliphatic rings. The fourth-order valence-electron chi connectivity index (χ4n) is 2.94. The van der Waals surface area contributed by atoms with Crippen LogP contribution in [0.5, 0.6) is 0 Å². The van der Waals surface area contributed by atoms with Crippen molar-refractivity contribution < 1.29 is 14.3 Å². The maximum atomic E-state index is 12.1. The highest BCUT2D eigenvalue weighted by Crippen LogP contribution is 2.37. The Bertz CT molecular complexity index is 340. The Morgan fingerprint density at radius 1 is 1.47 bits per heavy atom. The SMILES string of the molecule is CC(C)(C)OC(=O)N1CCCC2(CCC(CN)O2)C1. The lowest BCUT2D eigenvalue weighted by Crippen LogP contribution is -2.51. The van der Waals surface area contributed by atoms with Gasteiger partial charge in [-0.3, -0.25) is 0 Å². The van der Waals surface area contributed by atoms with Gasteiger partial charge in [0, 0.05) is 13.1 Å². The van der Waals surface area contributed by atoms with Crippen molar-refractivity contribution in [1.82, 2.24) is 4.90 Å². The van der Waals surface area contributed by atoms with Crippen LogP contribution in [0.1, 0.15) is 46.5 Å². The molecule has 5 heteroatoms. The Balaban J connectivity index is 1.96. The first kappa shape index (κ1) is 14.6. The predicted octanol–water partition coefficient (Wildman–Crippen LogP) is 1.89. The summed E-state index contributed by atoms with van der Waals surface area (Å²) in [6.45, 7) is 7.63. The van der Waals surface area contributed by atoms with E-state index in [1.165, 1.54) is 0 Å². The summed E-state index contributed by atoms with van der Waals surface area (Å²) in [6, 6.07) is 0. The van der Waals surface area contributed by atoms with Gasteiger partial charge in [-0.2, -0.15) is 0 Å². The van der Waals surface area contributed by atoms with Crippen LogP contribution in [0.4, 0.5) is 4.79 Å². The fraction of sp³-hybridized carbons (Fsp3) is 0.929. The molecule has 0 aromatic rings. The van der Waals surface area contributed by atoms with Gasteiger partial charge in [-0.1, -0.05) is 0 Å². The summed E-state index contributed by atoms with van der Waals surface area (Å²) in [7, 11) is 0. The third-order valence-electron chi connectivity index (χ3n) is 3.79. The minimum atomic E-state index is -0.446. The lowest BCUT2D eigenvalue weighted by Gasteiger charge is -2.40. The van der Waals surface area contributed by atoms with Gasteiger partial charge >= 0.3 is 6.09 Å². The number of likely N-dealkylation sites (tertiary alicyclic amines) is 1. The summed E-state index contributed by atoms with van der Waals surface area (Å²) in [6.07, 6.45) is 3.90. The third kappa shape index (κ3) is 3.60. The first-order valence-corrected chi connectivity index (χ1v) is 7.19. The lowest BCUT2D eigenvalue weighted by molar-refractivity contribution is -0.0820. The highest BCUT2D eigenvalue weighted by Gasteiger charge is 2.44. The van der Waals surface area contributed by atoms with E-state index in [1.54, 1.807) is 4.90 Å². The van der Waals surface area contributed by atoms with Crippen molar-refractivity contribution in [3.8, 4) is 0 Å². The molecule has 0 bridgehead atoms. The van der Waals surface area contributed by atoms with E-state index in [-0.39, 0.29) is 17.8 Å². The first-order valence-electron chi connectivity index (χ1n) is 7.19. The zero-order valence-electron chi connectivity index (χ0n) is 12.3. The molecule has 2 atom stereocenters. The maximum absolute atomic E-state index is 12.1. The number of hydrogen-bond donors (Lipinski definition) is 1. The summed E-state index contributed by atoms with van der Waals surface area (Å²) in [5.41, 5.74) is 5.04. The van der Waals surface area contributed by atoms with Crippen LogP contribution in [0, 0.1) is 0 Å². The Morgan fingerprint density at radius 2 is 2.21 bits per heavy atom. The lowest BCUT2D eigenvalue weighted by atomic mass is 9.90. The second kappa shape index (κ2) is 5.29. The molecule has 0 saturated carbocycles. The quantitative estimate of drug-likeness (QED) is 0.790. The third-order valence-corrected chi connectivity index (χ3v) is 3.79. The molecule has 19 heavy (non-hydrogen) atoms. The normalized spacial score (nSPS) is 31.8. The Morgan fingerprint density at radius 3 is 2.79 bits per heavy atom. The smallest absolute Gasteiger partial charge is 0.410 e. The monoisotopic (exact) mass is 270 g/mol. The van der Waals surface area contributed by atoms with E-state index in [1.807, 2.05) is 20.8 Å². The van der Waals surface area contributed by atoms with Gasteiger partial charge in [0.15, 0.2) is 0 Å². The minimum Gasteiger partial charge on any atom is -0.444 e. The van der Waals surface area contributed by atoms with Crippen LogP contribution in [0.15, 0.2) is 0 Å². The van der Waals surface area contributed by atoms with E-state index in [0.717, 1.165) is 32.2 Å². The summed E-state index contributed by atoms with van der Waals surface area (Å²) in [5, 5.41) is 0. The molecule has 0 aromatic heterocycles. The molecule has 0 aromatic carbocycles. The van der Waals surface area contributed by atoms with Gasteiger partial charge < -0.3 is 20.1 Å². The number of piperidine rings is 1. The number of hydrogen-bond acceptors (Lipinski definition) is 4. The van der Waals surface area contributed by atoms with Crippen molar-refractivity contribution in [2.75, 3.05) is 19.6 Å². The van der Waals surface area contributed by atoms with Crippen molar-refractivity contribution in [2.24, 2.45) is 5.73 Å². The molecule has 2 rings (SSSR count). The minimum absolute atomic E-state index is 0.151. The average molecular weight is 270 g/mol. The molecule has 110 valence electrons. The van der Waals surface area contributed by atoms with Crippen LogP contribution in [0.3, 0.4) is 0 Å². The van der Waals surface area contributed by atoms with E-state index in [4.69, 9.17) is 15.2 Å². The summed E-state index contributed by atoms with van der Waals surface area (Å²) >= 11 is 0. The van der Waals surface area contributed by atoms with E-state index in [2.05, 4.69) is 0 Å². The number of nitrogens with two attached hydrogens (primary N) is 1. The molecule has 2 saturated heterocycles. The van der Waals surface area contributed by atoms with E-state index >= 15 is 0 Å². The molecule has 2 N–H and O–H groups in total. The number of nitrogens with zero attached hydrogens (tertiary/aromatic N) is 1. The van der Waals surface area contributed by atoms with Crippen LogP contribution >= 0.6 is 0 Å². The molecule has 1 amide bonds. The molecule has 2 aliphatic heterocycles. The van der Waals surface area contributed by atoms with Gasteiger partial charge in [-0.05, 0) is 46.5 Å². The first-order chi connectivity index (χ1) is 8.84. The summed E-state index contributed by atoms with van der Waals surface area (Å²) in [5.74, 6) is 0. The maximum Gasteiger partial charge on any atom is 0.410 e. The zero-order valence-corrected chi connectivity index (χ0v) is 12.3. The van der Waals surface area contributed by atoms with Crippen LogP contribution in [-0.2, 0) is 9.47 Å². The Kier molecular flexibility index (Phi) is 4.06. The van der Waals surface area contributed by atoms with Crippen LogP contribution in [0.25, 0.3) is 0 Å². The molecule has 2 fully saturated rings. The van der Waals surface area contributed by atoms with Gasteiger partial charge in [0.05, 0.1) is 18.2 Å². The zero-order chi connectivity index (χ0) is 14.1. The second-order valence-corrected chi connectivity index (χ2v) is 6.70. The van der Waals surface area contributed by atoms with Crippen LogP contribution in [0.2, 0.25) is 0 Å². The van der Waals surface area contributed by atoms with Crippen molar-refractivity contribution >= 4 is 6.09 Å². The van der Waals surface area contributed by atoms with Gasteiger partial charge in [0.25, 0.3) is 0 Å². The topological polar surface area (TPSA) is 64.8 Å². The molecule has 2 heterocycles. The fourth-order valence-corrected chi connectivity index (χ4v) is 2.94. The molecule has 0 aliphatic carbocycles. The molecule has 5 nitrogen and oxygen atoms in total. The van der Waals surface area contributed by atoms with Gasteiger partial charge in [0.2, 0.25) is 0 Å². The number of rotatable bonds is 1. The largest absolute Gasteiger partial charge is 0.444 e. The summed E-state index contributed by atoms with van der Waals surface area (Å²) in [4.78, 5) is 13.9. The van der Waals surface area contributed by atoms with Crippen molar-refractivity contribution in [1.29, 1.82) is 0 Å². The molecule has 0 radical (unpaired) electrons. The van der Waals surface area contributed by atoms with Gasteiger partial charge in [-0.15, -0.1) is 0 Å². The van der Waals surface area contributed by atoms with Crippen LogP contribution < -0.4 is 5.73 Å². The second-order valence-electron chi connectivity index (χ2n) is 6.70. The number of ether oxygens (including phenoxy) is 2. The summed E-state index contributed by atoms with van der Waals surface area (Å²) < 4.78 is 11.5. The predicted molar refractivity (Wildman–Crippen MR) is 72.9 cm³/mol. The molecule has 2 unspecified atom stereocenters. The van der Waals surface area contributed by atoms with Crippen molar-refractivity contribution in [2.45, 2.75) is 63.8 Å². The van der Waals surface area contributed by atoms with E-state index in [9.17, 15) is 4.79 Å². The van der Waals surface area contributed by atoms with Crippen molar-refractivity contribution in [3.05, 3.63) is 0 Å². The van der Waals surface area contributed by atoms with Crippen LogP contribution in [-0.4, -0.2) is 47.9 Å².